The van der Waals surface area contributed by atoms with E-state index < -0.39 is 0 Å². The summed E-state index contributed by atoms with van der Waals surface area (Å²) in [5, 5.41) is 7.98. The number of rotatable bonds is 8. The highest BCUT2D eigenvalue weighted by atomic mass is 15.3. The molecule has 8 heteroatoms. The van der Waals surface area contributed by atoms with Crippen molar-refractivity contribution in [3.8, 4) is 11.5 Å². The van der Waals surface area contributed by atoms with Crippen LogP contribution in [0.15, 0.2) is 55.1 Å². The maximum atomic E-state index is 4.78. The zero-order valence-electron chi connectivity index (χ0n) is 19.6. The van der Waals surface area contributed by atoms with Crippen molar-refractivity contribution in [2.75, 3.05) is 13.1 Å². The van der Waals surface area contributed by atoms with E-state index in [2.05, 4.69) is 36.2 Å². The molecule has 1 saturated heterocycles. The van der Waals surface area contributed by atoms with E-state index in [1.165, 1.54) is 19.3 Å². The zero-order valence-corrected chi connectivity index (χ0v) is 19.6. The second kappa shape index (κ2) is 10.6. The van der Waals surface area contributed by atoms with E-state index in [0.717, 1.165) is 59.7 Å². The van der Waals surface area contributed by atoms with Crippen LogP contribution in [0.4, 0.5) is 0 Å². The highest BCUT2D eigenvalue weighted by Gasteiger charge is 2.13. The van der Waals surface area contributed by atoms with Crippen molar-refractivity contribution in [2.24, 2.45) is 5.92 Å². The molecule has 34 heavy (non-hydrogen) atoms. The third-order valence-electron chi connectivity index (χ3n) is 6.23. The van der Waals surface area contributed by atoms with Crippen LogP contribution in [0.2, 0.25) is 0 Å². The molecular weight excluding hydrogens is 424 g/mol. The summed E-state index contributed by atoms with van der Waals surface area (Å²) in [6.07, 6.45) is 12.7. The van der Waals surface area contributed by atoms with Gasteiger partial charge in [0, 0.05) is 43.7 Å². The molecule has 0 aromatic carbocycles. The lowest BCUT2D eigenvalue weighted by Crippen LogP contribution is -2.28. The molecule has 1 aliphatic heterocycles. The van der Waals surface area contributed by atoms with Crippen molar-refractivity contribution in [3.63, 3.8) is 0 Å². The SMILES string of the molecule is Cc1cccc(-c2nccc(Cc3ccnc(Cc4cnn(CCC5CCNCC5)c4)n3)n2)n1. The minimum atomic E-state index is 0.617. The van der Waals surface area contributed by atoms with Crippen molar-refractivity contribution < 1.29 is 0 Å². The quantitative estimate of drug-likeness (QED) is 0.436. The molecular formula is C26H30N8. The second-order valence-corrected chi connectivity index (χ2v) is 8.95. The summed E-state index contributed by atoms with van der Waals surface area (Å²) in [7, 11) is 0. The fourth-order valence-corrected chi connectivity index (χ4v) is 4.38. The van der Waals surface area contributed by atoms with Gasteiger partial charge in [0.15, 0.2) is 5.82 Å². The number of piperidine rings is 1. The number of aryl methyl sites for hydroxylation is 2. The number of hydrogen-bond donors (Lipinski definition) is 1. The van der Waals surface area contributed by atoms with Gasteiger partial charge in [-0.25, -0.2) is 24.9 Å². The number of nitrogens with one attached hydrogen (secondary N) is 1. The standard InChI is InChI=1S/C26H30N8/c1-19-3-2-4-24(31-19)26-29-13-8-23(33-26)16-22-7-12-28-25(32-22)15-21-17-30-34(18-21)14-9-20-5-10-27-11-6-20/h2-4,7-8,12-13,17-18,20,27H,5-6,9-11,14-16H2,1H3. The fraction of sp³-hybridized carbons (Fsp3) is 0.385. The molecule has 5 rings (SSSR count). The Morgan fingerprint density at radius 2 is 1.76 bits per heavy atom. The number of aromatic nitrogens is 7. The normalized spacial score (nSPS) is 14.4. The van der Waals surface area contributed by atoms with E-state index in [4.69, 9.17) is 9.97 Å². The topological polar surface area (TPSA) is 94.3 Å². The average Bonchev–Trinajstić information content (AvgIpc) is 3.31. The monoisotopic (exact) mass is 454 g/mol. The van der Waals surface area contributed by atoms with Crippen LogP contribution in [0, 0.1) is 12.8 Å². The minimum Gasteiger partial charge on any atom is -0.317 e. The van der Waals surface area contributed by atoms with Crippen LogP contribution in [-0.2, 0) is 19.4 Å². The van der Waals surface area contributed by atoms with Crippen LogP contribution in [0.3, 0.4) is 0 Å². The molecule has 0 aliphatic carbocycles. The number of hydrogen-bond acceptors (Lipinski definition) is 7. The Hall–Kier alpha value is -3.52. The molecule has 0 radical (unpaired) electrons. The summed E-state index contributed by atoms with van der Waals surface area (Å²) >= 11 is 0. The van der Waals surface area contributed by atoms with Gasteiger partial charge in [-0.2, -0.15) is 5.10 Å². The largest absolute Gasteiger partial charge is 0.317 e. The summed E-state index contributed by atoms with van der Waals surface area (Å²) in [4.78, 5) is 22.9. The Labute approximate surface area is 200 Å². The van der Waals surface area contributed by atoms with E-state index in [0.29, 0.717) is 18.7 Å². The van der Waals surface area contributed by atoms with Crippen LogP contribution >= 0.6 is 0 Å². The molecule has 0 atom stereocenters. The van der Waals surface area contributed by atoms with Gasteiger partial charge in [-0.05, 0) is 75.0 Å². The van der Waals surface area contributed by atoms with Crippen LogP contribution in [0.25, 0.3) is 11.5 Å². The second-order valence-electron chi connectivity index (χ2n) is 8.95. The first kappa shape index (κ1) is 22.3. The lowest BCUT2D eigenvalue weighted by atomic mass is 9.95. The molecule has 1 N–H and O–H groups in total. The molecule has 4 aromatic heterocycles. The molecule has 174 valence electrons. The van der Waals surface area contributed by atoms with E-state index in [9.17, 15) is 0 Å². The van der Waals surface area contributed by atoms with Crippen molar-refractivity contribution in [1.82, 2.24) is 40.0 Å². The molecule has 0 spiro atoms. The van der Waals surface area contributed by atoms with Crippen molar-refractivity contribution in [3.05, 3.63) is 83.6 Å². The first-order valence-electron chi connectivity index (χ1n) is 12.0. The lowest BCUT2D eigenvalue weighted by molar-refractivity contribution is 0.332. The molecule has 0 amide bonds. The Balaban J connectivity index is 1.21. The Morgan fingerprint density at radius 1 is 0.941 bits per heavy atom. The Kier molecular flexibility index (Phi) is 6.95. The molecule has 0 bridgehead atoms. The average molecular weight is 455 g/mol. The van der Waals surface area contributed by atoms with E-state index in [1.807, 2.05) is 49.6 Å². The summed E-state index contributed by atoms with van der Waals surface area (Å²) in [5.74, 6) is 2.23. The summed E-state index contributed by atoms with van der Waals surface area (Å²) in [6, 6.07) is 9.74. The number of pyridine rings is 1. The molecule has 0 unspecified atom stereocenters. The summed E-state index contributed by atoms with van der Waals surface area (Å²) < 4.78 is 2.06. The van der Waals surface area contributed by atoms with Gasteiger partial charge in [0.05, 0.1) is 17.6 Å². The van der Waals surface area contributed by atoms with Crippen LogP contribution < -0.4 is 5.32 Å². The van der Waals surface area contributed by atoms with Gasteiger partial charge in [-0.1, -0.05) is 6.07 Å². The number of nitrogens with zero attached hydrogens (tertiary/aromatic N) is 7. The van der Waals surface area contributed by atoms with Crippen LogP contribution in [-0.4, -0.2) is 47.8 Å². The van der Waals surface area contributed by atoms with Gasteiger partial charge in [-0.15, -0.1) is 0 Å². The van der Waals surface area contributed by atoms with E-state index >= 15 is 0 Å². The van der Waals surface area contributed by atoms with Crippen molar-refractivity contribution in [2.45, 2.75) is 45.6 Å². The van der Waals surface area contributed by atoms with Gasteiger partial charge < -0.3 is 5.32 Å². The predicted molar refractivity (Wildman–Crippen MR) is 130 cm³/mol. The molecule has 1 fully saturated rings. The predicted octanol–water partition coefficient (Wildman–Crippen LogP) is 3.40. The molecule has 8 nitrogen and oxygen atoms in total. The maximum Gasteiger partial charge on any atom is 0.178 e. The third-order valence-corrected chi connectivity index (χ3v) is 6.23. The van der Waals surface area contributed by atoms with Crippen molar-refractivity contribution >= 4 is 0 Å². The van der Waals surface area contributed by atoms with Crippen LogP contribution in [0.1, 0.15) is 47.7 Å². The lowest BCUT2D eigenvalue weighted by Gasteiger charge is -2.22. The van der Waals surface area contributed by atoms with Gasteiger partial charge in [-0.3, -0.25) is 4.68 Å². The Bertz CT molecular complexity index is 1230. The van der Waals surface area contributed by atoms with Crippen LogP contribution in [0.5, 0.6) is 0 Å². The summed E-state index contributed by atoms with van der Waals surface area (Å²) in [5.41, 5.74) is 4.70. The Morgan fingerprint density at radius 3 is 2.62 bits per heavy atom. The van der Waals surface area contributed by atoms with Gasteiger partial charge >= 0.3 is 0 Å². The molecule has 0 saturated carbocycles. The first-order valence-corrected chi connectivity index (χ1v) is 12.0. The maximum absolute atomic E-state index is 4.78. The minimum absolute atomic E-state index is 0.617. The summed E-state index contributed by atoms with van der Waals surface area (Å²) in [6.45, 7) is 5.22. The highest BCUT2D eigenvalue weighted by Crippen LogP contribution is 2.17. The van der Waals surface area contributed by atoms with Gasteiger partial charge in [0.1, 0.15) is 11.5 Å². The van der Waals surface area contributed by atoms with Gasteiger partial charge in [0.2, 0.25) is 0 Å². The van der Waals surface area contributed by atoms with E-state index in [-0.39, 0.29) is 0 Å². The fourth-order valence-electron chi connectivity index (χ4n) is 4.38. The van der Waals surface area contributed by atoms with Gasteiger partial charge in [0.25, 0.3) is 0 Å². The molecule has 4 aromatic rings. The zero-order chi connectivity index (χ0) is 23.2. The van der Waals surface area contributed by atoms with E-state index in [1.54, 1.807) is 6.20 Å². The van der Waals surface area contributed by atoms with Crippen molar-refractivity contribution in [1.29, 1.82) is 0 Å². The smallest absolute Gasteiger partial charge is 0.178 e. The molecule has 1 aliphatic rings. The highest BCUT2D eigenvalue weighted by molar-refractivity contribution is 5.49. The molecule has 5 heterocycles. The first-order chi connectivity index (χ1) is 16.7. The third kappa shape index (κ3) is 5.88.